The number of amides is 1. The molecule has 0 aromatic rings. The lowest BCUT2D eigenvalue weighted by molar-refractivity contribution is -0.122. The number of hydrogen-bond acceptors (Lipinski definition) is 2. The summed E-state index contributed by atoms with van der Waals surface area (Å²) in [5, 5.41) is 2.57. The van der Waals surface area contributed by atoms with E-state index in [1.807, 2.05) is 6.92 Å². The molecule has 1 atom stereocenters. The fourth-order valence-corrected chi connectivity index (χ4v) is 0.525. The largest absolute Gasteiger partial charge is 0.355 e. The summed E-state index contributed by atoms with van der Waals surface area (Å²) < 4.78 is 0. The molecular formula is C7H12N2O. The Morgan fingerprint density at radius 1 is 1.90 bits per heavy atom. The first-order valence-electron chi connectivity index (χ1n) is 3.19. The fourth-order valence-electron chi connectivity index (χ4n) is 0.525. The molecule has 1 unspecified atom stereocenters. The average Bonchev–Trinajstić information content (AvgIpc) is 1.89. The molecule has 1 amide bonds. The maximum atomic E-state index is 10.8. The van der Waals surface area contributed by atoms with Crippen LogP contribution in [0, 0.1) is 12.3 Å². The molecule has 3 heteroatoms. The lowest BCUT2D eigenvalue weighted by atomic mass is 10.2. The maximum absolute atomic E-state index is 10.8. The third-order valence-electron chi connectivity index (χ3n) is 1.03. The van der Waals surface area contributed by atoms with Gasteiger partial charge in [0.05, 0.1) is 6.04 Å². The van der Waals surface area contributed by atoms with Crippen LogP contribution in [-0.4, -0.2) is 18.5 Å². The SMILES string of the molecule is C#CCC(N)C(=O)NCC. The highest BCUT2D eigenvalue weighted by atomic mass is 16.2. The van der Waals surface area contributed by atoms with Gasteiger partial charge in [-0.3, -0.25) is 4.79 Å². The lowest BCUT2D eigenvalue weighted by Crippen LogP contribution is -2.40. The monoisotopic (exact) mass is 140 g/mol. The highest BCUT2D eigenvalue weighted by molar-refractivity contribution is 5.81. The highest BCUT2D eigenvalue weighted by Gasteiger charge is 2.09. The van der Waals surface area contributed by atoms with Gasteiger partial charge in [0.15, 0.2) is 0 Å². The van der Waals surface area contributed by atoms with Gasteiger partial charge in [-0.05, 0) is 6.92 Å². The van der Waals surface area contributed by atoms with E-state index in [9.17, 15) is 4.79 Å². The molecule has 0 saturated heterocycles. The van der Waals surface area contributed by atoms with Crippen molar-refractivity contribution in [1.82, 2.24) is 5.32 Å². The second-order valence-electron chi connectivity index (χ2n) is 1.91. The Labute approximate surface area is 61.0 Å². The molecule has 0 aliphatic rings. The predicted molar refractivity (Wildman–Crippen MR) is 40.1 cm³/mol. The van der Waals surface area contributed by atoms with Crippen LogP contribution in [-0.2, 0) is 4.79 Å². The zero-order valence-electron chi connectivity index (χ0n) is 6.05. The van der Waals surface area contributed by atoms with Crippen LogP contribution >= 0.6 is 0 Å². The van der Waals surface area contributed by atoms with Crippen LogP contribution in [0.5, 0.6) is 0 Å². The van der Waals surface area contributed by atoms with E-state index in [-0.39, 0.29) is 5.91 Å². The smallest absolute Gasteiger partial charge is 0.237 e. The molecule has 10 heavy (non-hydrogen) atoms. The minimum Gasteiger partial charge on any atom is -0.355 e. The molecule has 0 aliphatic carbocycles. The Hall–Kier alpha value is -1.01. The van der Waals surface area contributed by atoms with Crippen LogP contribution in [0.1, 0.15) is 13.3 Å². The summed E-state index contributed by atoms with van der Waals surface area (Å²) in [7, 11) is 0. The summed E-state index contributed by atoms with van der Waals surface area (Å²) >= 11 is 0. The van der Waals surface area contributed by atoms with Crippen LogP contribution < -0.4 is 11.1 Å². The van der Waals surface area contributed by atoms with Crippen molar-refractivity contribution >= 4 is 5.91 Å². The van der Waals surface area contributed by atoms with E-state index in [1.165, 1.54) is 0 Å². The molecule has 0 radical (unpaired) electrons. The van der Waals surface area contributed by atoms with Gasteiger partial charge < -0.3 is 11.1 Å². The number of rotatable bonds is 3. The number of nitrogens with two attached hydrogens (primary N) is 1. The van der Waals surface area contributed by atoms with Crippen molar-refractivity contribution in [3.05, 3.63) is 0 Å². The molecule has 0 saturated carbocycles. The van der Waals surface area contributed by atoms with Crippen LogP contribution in [0.4, 0.5) is 0 Å². The fraction of sp³-hybridized carbons (Fsp3) is 0.571. The van der Waals surface area contributed by atoms with Gasteiger partial charge in [0.1, 0.15) is 0 Å². The van der Waals surface area contributed by atoms with E-state index in [0.717, 1.165) is 0 Å². The molecule has 3 nitrogen and oxygen atoms in total. The van der Waals surface area contributed by atoms with E-state index < -0.39 is 6.04 Å². The zero-order chi connectivity index (χ0) is 7.98. The van der Waals surface area contributed by atoms with Gasteiger partial charge in [-0.2, -0.15) is 0 Å². The Morgan fingerprint density at radius 3 is 2.90 bits per heavy atom. The normalized spacial score (nSPS) is 11.7. The van der Waals surface area contributed by atoms with Crippen molar-refractivity contribution in [2.45, 2.75) is 19.4 Å². The first kappa shape index (κ1) is 8.99. The quantitative estimate of drug-likeness (QED) is 0.518. The standard InChI is InChI=1S/C7H12N2O/c1-3-5-6(8)7(10)9-4-2/h1,6H,4-5,8H2,2H3,(H,9,10). The van der Waals surface area contributed by atoms with Gasteiger partial charge in [-0.1, -0.05) is 0 Å². The third-order valence-corrected chi connectivity index (χ3v) is 1.03. The van der Waals surface area contributed by atoms with E-state index in [2.05, 4.69) is 11.2 Å². The zero-order valence-corrected chi connectivity index (χ0v) is 6.05. The van der Waals surface area contributed by atoms with Crippen molar-refractivity contribution in [1.29, 1.82) is 0 Å². The van der Waals surface area contributed by atoms with Crippen molar-refractivity contribution in [3.8, 4) is 12.3 Å². The molecule has 0 fully saturated rings. The van der Waals surface area contributed by atoms with Gasteiger partial charge >= 0.3 is 0 Å². The summed E-state index contributed by atoms with van der Waals surface area (Å²) in [6.07, 6.45) is 5.25. The Balaban J connectivity index is 3.62. The summed E-state index contributed by atoms with van der Waals surface area (Å²) in [5.41, 5.74) is 5.36. The Bertz CT molecular complexity index is 148. The predicted octanol–water partition coefficient (Wildman–Crippen LogP) is -0.527. The van der Waals surface area contributed by atoms with E-state index in [4.69, 9.17) is 12.2 Å². The summed E-state index contributed by atoms with van der Waals surface area (Å²) in [6, 6.07) is -0.551. The minimum atomic E-state index is -0.551. The van der Waals surface area contributed by atoms with E-state index in [0.29, 0.717) is 13.0 Å². The van der Waals surface area contributed by atoms with Crippen molar-refractivity contribution in [2.24, 2.45) is 5.73 Å². The van der Waals surface area contributed by atoms with Gasteiger partial charge in [0.25, 0.3) is 0 Å². The molecule has 0 bridgehead atoms. The molecule has 0 rings (SSSR count). The van der Waals surface area contributed by atoms with Crippen LogP contribution in [0.25, 0.3) is 0 Å². The number of carbonyl (C=O) groups is 1. The van der Waals surface area contributed by atoms with E-state index in [1.54, 1.807) is 0 Å². The van der Waals surface area contributed by atoms with Crippen molar-refractivity contribution in [3.63, 3.8) is 0 Å². The first-order valence-corrected chi connectivity index (χ1v) is 3.19. The average molecular weight is 140 g/mol. The molecule has 0 spiro atoms. The van der Waals surface area contributed by atoms with Gasteiger partial charge in [0.2, 0.25) is 5.91 Å². The molecule has 0 aliphatic heterocycles. The summed E-state index contributed by atoms with van der Waals surface area (Å²) in [4.78, 5) is 10.8. The molecule has 0 aromatic carbocycles. The van der Waals surface area contributed by atoms with E-state index >= 15 is 0 Å². The number of hydrogen-bond donors (Lipinski definition) is 2. The van der Waals surface area contributed by atoms with Crippen LogP contribution in [0.2, 0.25) is 0 Å². The molecule has 0 heterocycles. The number of carbonyl (C=O) groups excluding carboxylic acids is 1. The first-order chi connectivity index (χ1) is 4.72. The second-order valence-corrected chi connectivity index (χ2v) is 1.91. The third kappa shape index (κ3) is 3.10. The van der Waals surface area contributed by atoms with Crippen LogP contribution in [0.3, 0.4) is 0 Å². The lowest BCUT2D eigenvalue weighted by Gasteiger charge is -2.06. The minimum absolute atomic E-state index is 0.180. The van der Waals surface area contributed by atoms with Crippen LogP contribution in [0.15, 0.2) is 0 Å². The molecule has 56 valence electrons. The summed E-state index contributed by atoms with van der Waals surface area (Å²) in [5.74, 6) is 2.14. The Kier molecular flexibility index (Phi) is 4.34. The summed E-state index contributed by atoms with van der Waals surface area (Å²) in [6.45, 7) is 2.43. The molecule has 3 N–H and O–H groups in total. The molecular weight excluding hydrogens is 128 g/mol. The molecule has 0 aromatic heterocycles. The Morgan fingerprint density at radius 2 is 2.50 bits per heavy atom. The highest BCUT2D eigenvalue weighted by Crippen LogP contribution is 1.84. The number of nitrogens with one attached hydrogen (secondary N) is 1. The number of likely N-dealkylation sites (N-methyl/N-ethyl adjacent to an activating group) is 1. The van der Waals surface area contributed by atoms with Gasteiger partial charge in [0, 0.05) is 13.0 Å². The van der Waals surface area contributed by atoms with Crippen molar-refractivity contribution in [2.75, 3.05) is 6.54 Å². The van der Waals surface area contributed by atoms with Gasteiger partial charge in [-0.25, -0.2) is 0 Å². The second kappa shape index (κ2) is 4.83. The van der Waals surface area contributed by atoms with Gasteiger partial charge in [-0.15, -0.1) is 12.3 Å². The topological polar surface area (TPSA) is 55.1 Å². The maximum Gasteiger partial charge on any atom is 0.237 e. The van der Waals surface area contributed by atoms with Crippen molar-refractivity contribution < 1.29 is 4.79 Å². The number of terminal acetylenes is 1.